The van der Waals surface area contributed by atoms with E-state index in [1.807, 2.05) is 6.26 Å². The molecule has 0 aromatic heterocycles. The van der Waals surface area contributed by atoms with E-state index in [0.29, 0.717) is 6.54 Å². The van der Waals surface area contributed by atoms with Gasteiger partial charge in [0.15, 0.2) is 0 Å². The fraction of sp³-hybridized carbons (Fsp3) is 0.700. The minimum Gasteiger partial charge on any atom is -0.481 e. The molecular formula is C10H18N2O4S. The van der Waals surface area contributed by atoms with Gasteiger partial charge in [0.25, 0.3) is 0 Å². The number of nitrogens with one attached hydrogen (secondary N) is 1. The van der Waals surface area contributed by atoms with Gasteiger partial charge in [-0.3, -0.25) is 14.9 Å². The van der Waals surface area contributed by atoms with Crippen molar-refractivity contribution in [3.63, 3.8) is 0 Å². The molecule has 0 radical (unpaired) electrons. The maximum absolute atomic E-state index is 11.4. The van der Waals surface area contributed by atoms with E-state index in [-0.39, 0.29) is 19.3 Å². The highest BCUT2D eigenvalue weighted by Gasteiger charge is 2.12. The Morgan fingerprint density at radius 2 is 1.94 bits per heavy atom. The molecule has 0 aliphatic carbocycles. The summed E-state index contributed by atoms with van der Waals surface area (Å²) in [6.07, 6.45) is 2.16. The molecule has 7 heteroatoms. The van der Waals surface area contributed by atoms with E-state index in [4.69, 9.17) is 5.11 Å². The number of aliphatic carboxylic acids is 1. The van der Waals surface area contributed by atoms with Crippen molar-refractivity contribution in [2.45, 2.75) is 19.3 Å². The number of nitrogens with zero attached hydrogens (tertiary/aromatic N) is 1. The summed E-state index contributed by atoms with van der Waals surface area (Å²) in [5, 5.41) is 10.6. The topological polar surface area (TPSA) is 86.7 Å². The van der Waals surface area contributed by atoms with Gasteiger partial charge < -0.3 is 10.0 Å². The minimum absolute atomic E-state index is 0.0500. The second kappa shape index (κ2) is 8.86. The van der Waals surface area contributed by atoms with Crippen molar-refractivity contribution in [2.24, 2.45) is 0 Å². The van der Waals surface area contributed by atoms with Crippen LogP contribution in [0.1, 0.15) is 19.3 Å². The fourth-order valence-corrected chi connectivity index (χ4v) is 1.46. The Hall–Kier alpha value is -1.24. The first-order valence-corrected chi connectivity index (χ1v) is 6.62. The molecule has 2 N–H and O–H groups in total. The third kappa shape index (κ3) is 8.56. The fourth-order valence-electron chi connectivity index (χ4n) is 1.01. The molecule has 98 valence electrons. The average molecular weight is 262 g/mol. The lowest BCUT2D eigenvalue weighted by atomic mass is 10.2. The summed E-state index contributed by atoms with van der Waals surface area (Å²) in [4.78, 5) is 34.3. The van der Waals surface area contributed by atoms with Crippen molar-refractivity contribution in [3.8, 4) is 0 Å². The number of amides is 3. The van der Waals surface area contributed by atoms with Gasteiger partial charge in [-0.05, 0) is 12.7 Å². The molecule has 0 aromatic carbocycles. The van der Waals surface area contributed by atoms with Gasteiger partial charge in [0.2, 0.25) is 5.91 Å². The largest absolute Gasteiger partial charge is 0.481 e. The second-order valence-corrected chi connectivity index (χ2v) is 4.50. The molecular weight excluding hydrogens is 244 g/mol. The molecule has 0 fully saturated rings. The lowest BCUT2D eigenvalue weighted by molar-refractivity contribution is -0.137. The van der Waals surface area contributed by atoms with Crippen molar-refractivity contribution in [2.75, 3.05) is 25.6 Å². The summed E-state index contributed by atoms with van der Waals surface area (Å²) in [5.74, 6) is -0.578. The summed E-state index contributed by atoms with van der Waals surface area (Å²) in [7, 11) is 1.61. The number of carboxylic acids is 1. The van der Waals surface area contributed by atoms with E-state index in [2.05, 4.69) is 5.32 Å². The van der Waals surface area contributed by atoms with Crippen LogP contribution in [0.25, 0.3) is 0 Å². The van der Waals surface area contributed by atoms with E-state index in [1.54, 1.807) is 18.8 Å². The molecule has 0 saturated heterocycles. The van der Waals surface area contributed by atoms with Crippen LogP contribution in [0.3, 0.4) is 0 Å². The van der Waals surface area contributed by atoms with Crippen LogP contribution in [0, 0.1) is 0 Å². The van der Waals surface area contributed by atoms with Crippen LogP contribution in [-0.4, -0.2) is 53.5 Å². The van der Waals surface area contributed by atoms with Crippen LogP contribution in [0.15, 0.2) is 0 Å². The van der Waals surface area contributed by atoms with Crippen LogP contribution in [-0.2, 0) is 9.59 Å². The highest BCUT2D eigenvalue weighted by Crippen LogP contribution is 1.97. The summed E-state index contributed by atoms with van der Waals surface area (Å²) in [5.41, 5.74) is 0. The SMILES string of the molecule is CSCCN(C)C(=O)NC(=O)CCCC(=O)O. The number of carbonyl (C=O) groups excluding carboxylic acids is 2. The van der Waals surface area contributed by atoms with Crippen LogP contribution in [0.2, 0.25) is 0 Å². The van der Waals surface area contributed by atoms with Crippen molar-refractivity contribution in [1.29, 1.82) is 0 Å². The number of hydrogen-bond donors (Lipinski definition) is 2. The van der Waals surface area contributed by atoms with E-state index in [0.717, 1.165) is 5.75 Å². The van der Waals surface area contributed by atoms with E-state index in [1.165, 1.54) is 4.90 Å². The third-order valence-electron chi connectivity index (χ3n) is 2.02. The van der Waals surface area contributed by atoms with Crippen molar-refractivity contribution >= 4 is 29.7 Å². The van der Waals surface area contributed by atoms with Gasteiger partial charge in [-0.15, -0.1) is 0 Å². The molecule has 0 aliphatic rings. The number of hydrogen-bond acceptors (Lipinski definition) is 4. The van der Waals surface area contributed by atoms with Crippen molar-refractivity contribution in [1.82, 2.24) is 10.2 Å². The highest BCUT2D eigenvalue weighted by molar-refractivity contribution is 7.98. The summed E-state index contributed by atoms with van der Waals surface area (Å²) in [6.45, 7) is 0.565. The number of imide groups is 1. The predicted octanol–water partition coefficient (Wildman–Crippen LogP) is 0.772. The highest BCUT2D eigenvalue weighted by atomic mass is 32.2. The van der Waals surface area contributed by atoms with Gasteiger partial charge in [0, 0.05) is 32.2 Å². The molecule has 3 amide bonds. The maximum atomic E-state index is 11.4. The van der Waals surface area contributed by atoms with Gasteiger partial charge in [0.05, 0.1) is 0 Å². The summed E-state index contributed by atoms with van der Waals surface area (Å²) >= 11 is 1.61. The van der Waals surface area contributed by atoms with E-state index in [9.17, 15) is 14.4 Å². The Kier molecular flexibility index (Phi) is 8.21. The zero-order valence-corrected chi connectivity index (χ0v) is 10.9. The molecule has 6 nitrogen and oxygen atoms in total. The number of urea groups is 1. The van der Waals surface area contributed by atoms with Gasteiger partial charge in [-0.2, -0.15) is 11.8 Å². The first kappa shape index (κ1) is 15.8. The quantitative estimate of drug-likeness (QED) is 0.707. The lowest BCUT2D eigenvalue weighted by Crippen LogP contribution is -2.41. The molecule has 0 spiro atoms. The second-order valence-electron chi connectivity index (χ2n) is 3.51. The average Bonchev–Trinajstić information content (AvgIpc) is 2.25. The van der Waals surface area contributed by atoms with E-state index >= 15 is 0 Å². The Morgan fingerprint density at radius 1 is 1.29 bits per heavy atom. The van der Waals surface area contributed by atoms with Crippen LogP contribution < -0.4 is 5.32 Å². The third-order valence-corrected chi connectivity index (χ3v) is 2.61. The zero-order valence-electron chi connectivity index (χ0n) is 10.1. The van der Waals surface area contributed by atoms with Gasteiger partial charge in [-0.1, -0.05) is 0 Å². The Labute approximate surface area is 105 Å². The van der Waals surface area contributed by atoms with Crippen molar-refractivity contribution in [3.05, 3.63) is 0 Å². The standard InChI is InChI=1S/C10H18N2O4S/c1-12(6-7-17-2)10(16)11-8(13)4-3-5-9(14)15/h3-7H2,1-2H3,(H,14,15)(H,11,13,16). The molecule has 0 heterocycles. The monoisotopic (exact) mass is 262 g/mol. The lowest BCUT2D eigenvalue weighted by Gasteiger charge is -2.16. The molecule has 0 bridgehead atoms. The predicted molar refractivity (Wildman–Crippen MR) is 66.0 cm³/mol. The van der Waals surface area contributed by atoms with Gasteiger partial charge in [0.1, 0.15) is 0 Å². The Bertz CT molecular complexity index is 283. The number of rotatable bonds is 7. The van der Waals surface area contributed by atoms with Crippen LogP contribution in [0.5, 0.6) is 0 Å². The zero-order chi connectivity index (χ0) is 13.3. The molecule has 0 saturated carbocycles. The van der Waals surface area contributed by atoms with Crippen LogP contribution in [0.4, 0.5) is 4.79 Å². The molecule has 17 heavy (non-hydrogen) atoms. The van der Waals surface area contributed by atoms with Crippen LogP contribution >= 0.6 is 11.8 Å². The first-order valence-electron chi connectivity index (χ1n) is 5.23. The van der Waals surface area contributed by atoms with Crippen molar-refractivity contribution < 1.29 is 19.5 Å². The summed E-state index contributed by atoms with van der Waals surface area (Å²) < 4.78 is 0. The maximum Gasteiger partial charge on any atom is 0.323 e. The number of carboxylic acid groups (broad SMARTS) is 1. The van der Waals surface area contributed by atoms with E-state index < -0.39 is 17.9 Å². The van der Waals surface area contributed by atoms with Gasteiger partial charge in [-0.25, -0.2) is 4.79 Å². The molecule has 0 unspecified atom stereocenters. The Balaban J connectivity index is 3.79. The number of thioether (sulfide) groups is 1. The normalized spacial score (nSPS) is 9.76. The molecule has 0 aromatic rings. The van der Waals surface area contributed by atoms with Gasteiger partial charge >= 0.3 is 12.0 Å². The molecule has 0 aliphatic heterocycles. The molecule has 0 atom stereocenters. The Morgan fingerprint density at radius 3 is 2.47 bits per heavy atom. The number of carbonyl (C=O) groups is 3. The smallest absolute Gasteiger partial charge is 0.323 e. The first-order chi connectivity index (χ1) is 7.97. The summed E-state index contributed by atoms with van der Waals surface area (Å²) in [6, 6.07) is -0.445. The molecule has 0 rings (SSSR count). The minimum atomic E-state index is -0.943.